The normalized spacial score (nSPS) is 12.3. The fraction of sp³-hybridized carbons (Fsp3) is 0.385. The van der Waals surface area contributed by atoms with E-state index in [0.717, 1.165) is 5.56 Å². The molecule has 1 atom stereocenters. The molecule has 0 bridgehead atoms. The van der Waals surface area contributed by atoms with E-state index in [1.165, 1.54) is 0 Å². The van der Waals surface area contributed by atoms with Crippen molar-refractivity contribution in [2.24, 2.45) is 0 Å². The Morgan fingerprint density at radius 1 is 1.44 bits per heavy atom. The van der Waals surface area contributed by atoms with Crippen LogP contribution < -0.4 is 0 Å². The lowest BCUT2D eigenvalue weighted by atomic mass is 10.1. The zero-order valence-corrected chi connectivity index (χ0v) is 9.43. The van der Waals surface area contributed by atoms with Crippen molar-refractivity contribution in [2.75, 3.05) is 0 Å². The molecule has 0 fully saturated rings. The van der Waals surface area contributed by atoms with Gasteiger partial charge in [0, 0.05) is 0 Å². The minimum absolute atomic E-state index is 0.0528. The standard InChI is InChI=1S/C13H17O3/c1-2-6-12(9-13(14)15)16-10-11-7-4-3-5-8-11/h2-5,7-8,12H,6,9-10H2,1H3,(H,14,15). The third-order valence-corrected chi connectivity index (χ3v) is 2.23. The molecule has 87 valence electrons. The molecular formula is C13H17O3. The SMILES string of the molecule is C[CH]CC(CC(=O)O)OCc1ccccc1. The van der Waals surface area contributed by atoms with E-state index in [1.807, 2.05) is 43.7 Å². The van der Waals surface area contributed by atoms with E-state index >= 15 is 0 Å². The molecule has 0 aromatic heterocycles. The van der Waals surface area contributed by atoms with Gasteiger partial charge in [-0.1, -0.05) is 37.3 Å². The summed E-state index contributed by atoms with van der Waals surface area (Å²) in [7, 11) is 0. The molecule has 1 aromatic rings. The van der Waals surface area contributed by atoms with Crippen LogP contribution in [0.3, 0.4) is 0 Å². The molecule has 0 aliphatic heterocycles. The van der Waals surface area contributed by atoms with E-state index in [0.29, 0.717) is 13.0 Å². The van der Waals surface area contributed by atoms with Crippen LogP contribution >= 0.6 is 0 Å². The van der Waals surface area contributed by atoms with E-state index in [4.69, 9.17) is 9.84 Å². The summed E-state index contributed by atoms with van der Waals surface area (Å²) in [6.45, 7) is 2.37. The van der Waals surface area contributed by atoms with Gasteiger partial charge in [0.25, 0.3) is 0 Å². The van der Waals surface area contributed by atoms with Gasteiger partial charge in [0.15, 0.2) is 0 Å². The first-order chi connectivity index (χ1) is 7.72. The number of carbonyl (C=O) groups is 1. The number of benzene rings is 1. The van der Waals surface area contributed by atoms with E-state index in [2.05, 4.69) is 0 Å². The fourth-order valence-electron chi connectivity index (χ4n) is 1.46. The Bertz CT molecular complexity index is 308. The number of ether oxygens (including phenoxy) is 1. The highest BCUT2D eigenvalue weighted by molar-refractivity contribution is 5.67. The first-order valence-corrected chi connectivity index (χ1v) is 5.37. The first-order valence-electron chi connectivity index (χ1n) is 5.37. The van der Waals surface area contributed by atoms with Gasteiger partial charge in [-0.15, -0.1) is 0 Å². The summed E-state index contributed by atoms with van der Waals surface area (Å²) in [6.07, 6.45) is 2.41. The third-order valence-electron chi connectivity index (χ3n) is 2.23. The number of rotatable bonds is 7. The largest absolute Gasteiger partial charge is 0.481 e. The summed E-state index contributed by atoms with van der Waals surface area (Å²) in [5.41, 5.74) is 1.06. The molecule has 1 aromatic carbocycles. The van der Waals surface area contributed by atoms with Crippen molar-refractivity contribution in [3.63, 3.8) is 0 Å². The molecule has 0 spiro atoms. The Balaban J connectivity index is 2.40. The Kier molecular flexibility index (Phi) is 5.57. The van der Waals surface area contributed by atoms with Crippen LogP contribution in [0.25, 0.3) is 0 Å². The number of carboxylic acids is 1. The van der Waals surface area contributed by atoms with Crippen LogP contribution in [-0.2, 0) is 16.1 Å². The van der Waals surface area contributed by atoms with Gasteiger partial charge < -0.3 is 9.84 Å². The van der Waals surface area contributed by atoms with Gasteiger partial charge in [0.2, 0.25) is 0 Å². The summed E-state index contributed by atoms with van der Waals surface area (Å²) in [5, 5.41) is 8.71. The molecule has 3 heteroatoms. The van der Waals surface area contributed by atoms with E-state index in [1.54, 1.807) is 0 Å². The summed E-state index contributed by atoms with van der Waals surface area (Å²) >= 11 is 0. The van der Waals surface area contributed by atoms with Crippen LogP contribution in [0.5, 0.6) is 0 Å². The van der Waals surface area contributed by atoms with Gasteiger partial charge in [0.1, 0.15) is 0 Å². The highest BCUT2D eigenvalue weighted by Crippen LogP contribution is 2.10. The highest BCUT2D eigenvalue weighted by Gasteiger charge is 2.12. The Hall–Kier alpha value is -1.35. The molecule has 1 radical (unpaired) electrons. The van der Waals surface area contributed by atoms with Gasteiger partial charge in [-0.05, 0) is 18.4 Å². The maximum atomic E-state index is 10.6. The molecule has 1 rings (SSSR count). The van der Waals surface area contributed by atoms with Crippen LogP contribution in [0, 0.1) is 6.42 Å². The molecule has 16 heavy (non-hydrogen) atoms. The second-order valence-corrected chi connectivity index (χ2v) is 3.66. The van der Waals surface area contributed by atoms with Gasteiger partial charge in [0.05, 0.1) is 19.1 Å². The predicted octanol–water partition coefficient (Wildman–Crippen LogP) is 2.66. The average molecular weight is 221 g/mol. The molecule has 1 N–H and O–H groups in total. The van der Waals surface area contributed by atoms with Crippen molar-refractivity contribution < 1.29 is 14.6 Å². The van der Waals surface area contributed by atoms with Crippen LogP contribution in [0.2, 0.25) is 0 Å². The summed E-state index contributed by atoms with van der Waals surface area (Å²) < 4.78 is 5.57. The lowest BCUT2D eigenvalue weighted by molar-refractivity contribution is -0.140. The lowest BCUT2D eigenvalue weighted by Gasteiger charge is -2.15. The molecule has 0 heterocycles. The zero-order chi connectivity index (χ0) is 11.8. The smallest absolute Gasteiger partial charge is 0.305 e. The van der Waals surface area contributed by atoms with Crippen molar-refractivity contribution in [1.82, 2.24) is 0 Å². The van der Waals surface area contributed by atoms with Gasteiger partial charge in [-0.25, -0.2) is 0 Å². The van der Waals surface area contributed by atoms with Gasteiger partial charge >= 0.3 is 5.97 Å². The Labute approximate surface area is 96.1 Å². The topological polar surface area (TPSA) is 46.5 Å². The maximum absolute atomic E-state index is 10.6. The van der Waals surface area contributed by atoms with E-state index < -0.39 is 5.97 Å². The molecule has 3 nitrogen and oxygen atoms in total. The molecule has 0 saturated heterocycles. The number of aliphatic carboxylic acids is 1. The summed E-state index contributed by atoms with van der Waals surface area (Å²) in [5.74, 6) is -0.820. The second-order valence-electron chi connectivity index (χ2n) is 3.66. The van der Waals surface area contributed by atoms with Crippen molar-refractivity contribution in [1.29, 1.82) is 0 Å². The van der Waals surface area contributed by atoms with Crippen LogP contribution in [0.1, 0.15) is 25.3 Å². The zero-order valence-electron chi connectivity index (χ0n) is 9.43. The van der Waals surface area contributed by atoms with Crippen molar-refractivity contribution in [3.8, 4) is 0 Å². The first kappa shape index (κ1) is 12.7. The Morgan fingerprint density at radius 3 is 2.69 bits per heavy atom. The minimum atomic E-state index is -0.820. The van der Waals surface area contributed by atoms with Crippen LogP contribution in [-0.4, -0.2) is 17.2 Å². The van der Waals surface area contributed by atoms with Crippen LogP contribution in [0.15, 0.2) is 30.3 Å². The monoisotopic (exact) mass is 221 g/mol. The average Bonchev–Trinajstić information content (AvgIpc) is 2.27. The summed E-state index contributed by atoms with van der Waals surface area (Å²) in [4.78, 5) is 10.6. The van der Waals surface area contributed by atoms with Gasteiger partial charge in [-0.2, -0.15) is 0 Å². The second kappa shape index (κ2) is 7.01. The van der Waals surface area contributed by atoms with E-state index in [-0.39, 0.29) is 12.5 Å². The fourth-order valence-corrected chi connectivity index (χ4v) is 1.46. The molecule has 0 amide bonds. The molecule has 1 unspecified atom stereocenters. The predicted molar refractivity (Wildman–Crippen MR) is 61.9 cm³/mol. The number of hydrogen-bond donors (Lipinski definition) is 1. The Morgan fingerprint density at radius 2 is 2.12 bits per heavy atom. The lowest BCUT2D eigenvalue weighted by Crippen LogP contribution is -2.17. The number of hydrogen-bond acceptors (Lipinski definition) is 2. The molecule has 0 saturated carbocycles. The van der Waals surface area contributed by atoms with Crippen molar-refractivity contribution in [3.05, 3.63) is 42.3 Å². The third kappa shape index (κ3) is 4.94. The maximum Gasteiger partial charge on any atom is 0.305 e. The minimum Gasteiger partial charge on any atom is -0.481 e. The quantitative estimate of drug-likeness (QED) is 0.770. The highest BCUT2D eigenvalue weighted by atomic mass is 16.5. The van der Waals surface area contributed by atoms with Crippen molar-refractivity contribution in [2.45, 2.75) is 32.5 Å². The molecule has 0 aliphatic carbocycles. The van der Waals surface area contributed by atoms with E-state index in [9.17, 15) is 4.79 Å². The van der Waals surface area contributed by atoms with Crippen LogP contribution in [0.4, 0.5) is 0 Å². The van der Waals surface area contributed by atoms with Crippen molar-refractivity contribution >= 4 is 5.97 Å². The molecule has 0 aliphatic rings. The molecular weight excluding hydrogens is 204 g/mol. The van der Waals surface area contributed by atoms with Gasteiger partial charge in [-0.3, -0.25) is 4.79 Å². The summed E-state index contributed by atoms with van der Waals surface area (Å²) in [6, 6.07) is 9.76. The number of carboxylic acid groups (broad SMARTS) is 1.